The molecule has 0 spiro atoms. The van der Waals surface area contributed by atoms with Gasteiger partial charge in [0.1, 0.15) is 5.82 Å². The Morgan fingerprint density at radius 2 is 2.38 bits per heavy atom. The molecule has 0 saturated carbocycles. The molecule has 0 aromatic carbocycles. The van der Waals surface area contributed by atoms with E-state index in [4.69, 9.17) is 16.3 Å². The van der Waals surface area contributed by atoms with Crippen molar-refractivity contribution < 1.29 is 4.74 Å². The third-order valence-corrected chi connectivity index (χ3v) is 3.14. The van der Waals surface area contributed by atoms with E-state index < -0.39 is 0 Å². The number of alkyl halides is 1. The Kier molecular flexibility index (Phi) is 3.96. The van der Waals surface area contributed by atoms with E-state index in [0.717, 1.165) is 37.4 Å². The summed E-state index contributed by atoms with van der Waals surface area (Å²) in [4.78, 5) is 10.8. The van der Waals surface area contributed by atoms with Gasteiger partial charge in [-0.25, -0.2) is 4.98 Å². The molecule has 0 bridgehead atoms. The quantitative estimate of drug-likeness (QED) is 0.757. The first-order valence-corrected chi connectivity index (χ1v) is 6.01. The summed E-state index contributed by atoms with van der Waals surface area (Å²) in [5, 5.41) is 0. The van der Waals surface area contributed by atoms with Crippen molar-refractivity contribution in [3.63, 3.8) is 0 Å². The van der Waals surface area contributed by atoms with Crippen molar-refractivity contribution >= 4 is 17.4 Å². The molecular formula is C11H16ClN3O. The van der Waals surface area contributed by atoms with Gasteiger partial charge in [0.15, 0.2) is 0 Å². The minimum Gasteiger partial charge on any atom is -0.380 e. The summed E-state index contributed by atoms with van der Waals surface area (Å²) in [6.45, 7) is 1.92. The zero-order valence-corrected chi connectivity index (χ0v) is 10.2. The van der Waals surface area contributed by atoms with E-state index in [9.17, 15) is 0 Å². The summed E-state index contributed by atoms with van der Waals surface area (Å²) in [5.41, 5.74) is 0.811. The van der Waals surface area contributed by atoms with Crippen molar-refractivity contribution in [3.8, 4) is 0 Å². The van der Waals surface area contributed by atoms with Gasteiger partial charge in [0, 0.05) is 20.2 Å². The number of hydrogen-bond donors (Lipinski definition) is 0. The van der Waals surface area contributed by atoms with Crippen LogP contribution in [0.15, 0.2) is 12.4 Å². The topological polar surface area (TPSA) is 38.2 Å². The highest BCUT2D eigenvalue weighted by atomic mass is 35.5. The number of aromatic nitrogens is 2. The van der Waals surface area contributed by atoms with Gasteiger partial charge in [-0.2, -0.15) is 0 Å². The first kappa shape index (κ1) is 11.6. The van der Waals surface area contributed by atoms with Crippen LogP contribution in [0.4, 0.5) is 5.82 Å². The Bertz CT molecular complexity index is 331. The smallest absolute Gasteiger partial charge is 0.147 e. The van der Waals surface area contributed by atoms with Gasteiger partial charge in [-0.3, -0.25) is 4.98 Å². The summed E-state index contributed by atoms with van der Waals surface area (Å²) < 4.78 is 5.38. The van der Waals surface area contributed by atoms with E-state index in [1.165, 1.54) is 0 Å². The van der Waals surface area contributed by atoms with E-state index in [-0.39, 0.29) is 0 Å². The fraction of sp³-hybridized carbons (Fsp3) is 0.636. The molecule has 0 N–H and O–H groups in total. The van der Waals surface area contributed by atoms with Crippen molar-refractivity contribution in [1.29, 1.82) is 0 Å². The molecule has 1 fully saturated rings. The Labute approximate surface area is 101 Å². The fourth-order valence-electron chi connectivity index (χ4n) is 1.92. The number of halogens is 1. The van der Waals surface area contributed by atoms with Gasteiger partial charge < -0.3 is 9.64 Å². The molecule has 1 aliphatic rings. The predicted octanol–water partition coefficient (Wildman–Crippen LogP) is 1.83. The molecule has 2 rings (SSSR count). The maximum absolute atomic E-state index is 5.67. The van der Waals surface area contributed by atoms with Crippen molar-refractivity contribution in [1.82, 2.24) is 9.97 Å². The lowest BCUT2D eigenvalue weighted by Crippen LogP contribution is -2.39. The van der Waals surface area contributed by atoms with E-state index in [0.29, 0.717) is 12.0 Å². The highest BCUT2D eigenvalue weighted by molar-refractivity contribution is 6.16. The van der Waals surface area contributed by atoms with Crippen LogP contribution >= 0.6 is 11.6 Å². The number of ether oxygens (including phenoxy) is 1. The molecule has 1 aromatic rings. The zero-order valence-electron chi connectivity index (χ0n) is 9.40. The second-order valence-corrected chi connectivity index (χ2v) is 4.21. The summed E-state index contributed by atoms with van der Waals surface area (Å²) in [5.74, 6) is 1.32. The van der Waals surface area contributed by atoms with Gasteiger partial charge in [0.05, 0.1) is 30.1 Å². The largest absolute Gasteiger partial charge is 0.380 e. The number of methoxy groups -OCH3 is 1. The minimum absolute atomic E-state index is 0.309. The third-order valence-electron chi connectivity index (χ3n) is 2.86. The van der Waals surface area contributed by atoms with Crippen molar-refractivity contribution in [2.45, 2.75) is 24.8 Å². The van der Waals surface area contributed by atoms with Crippen LogP contribution in [-0.2, 0) is 10.6 Å². The SMILES string of the molecule is COC1CCCN(c2cnc(CCl)cn2)C1. The van der Waals surface area contributed by atoms with Gasteiger partial charge in [-0.05, 0) is 12.8 Å². The normalized spacial score (nSPS) is 21.1. The Morgan fingerprint density at radius 1 is 1.50 bits per heavy atom. The fourth-order valence-corrected chi connectivity index (χ4v) is 2.06. The van der Waals surface area contributed by atoms with Gasteiger partial charge in [-0.15, -0.1) is 11.6 Å². The molecule has 1 unspecified atom stereocenters. The van der Waals surface area contributed by atoms with Crippen molar-refractivity contribution in [3.05, 3.63) is 18.1 Å². The molecule has 0 aliphatic carbocycles. The molecule has 4 nitrogen and oxygen atoms in total. The number of piperidine rings is 1. The average Bonchev–Trinajstić information content (AvgIpc) is 2.39. The number of hydrogen-bond acceptors (Lipinski definition) is 4. The molecule has 2 heterocycles. The first-order chi connectivity index (χ1) is 7.83. The monoisotopic (exact) mass is 241 g/mol. The second-order valence-electron chi connectivity index (χ2n) is 3.95. The first-order valence-electron chi connectivity index (χ1n) is 5.48. The lowest BCUT2D eigenvalue weighted by molar-refractivity contribution is 0.0891. The third kappa shape index (κ3) is 2.62. The van der Waals surface area contributed by atoms with Gasteiger partial charge in [-0.1, -0.05) is 0 Å². The molecule has 0 amide bonds. The molecule has 88 valence electrons. The maximum atomic E-state index is 5.67. The lowest BCUT2D eigenvalue weighted by Gasteiger charge is -2.32. The van der Waals surface area contributed by atoms with Crippen LogP contribution in [0.5, 0.6) is 0 Å². The zero-order chi connectivity index (χ0) is 11.4. The lowest BCUT2D eigenvalue weighted by atomic mass is 10.1. The van der Waals surface area contributed by atoms with Crippen molar-refractivity contribution in [2.75, 3.05) is 25.1 Å². The average molecular weight is 242 g/mol. The predicted molar refractivity (Wildman–Crippen MR) is 63.8 cm³/mol. The standard InChI is InChI=1S/C11H16ClN3O/c1-16-10-3-2-4-15(8-10)11-7-13-9(5-12)6-14-11/h6-7,10H,2-5,8H2,1H3. The van der Waals surface area contributed by atoms with Crippen LogP contribution < -0.4 is 4.90 Å². The highest BCUT2D eigenvalue weighted by Gasteiger charge is 2.20. The summed E-state index contributed by atoms with van der Waals surface area (Å²) in [6, 6.07) is 0. The second kappa shape index (κ2) is 5.46. The molecule has 5 heteroatoms. The van der Waals surface area contributed by atoms with E-state index in [2.05, 4.69) is 14.9 Å². The molecular weight excluding hydrogens is 226 g/mol. The Balaban J connectivity index is 2.05. The molecule has 1 atom stereocenters. The number of rotatable bonds is 3. The van der Waals surface area contributed by atoms with E-state index in [1.54, 1.807) is 19.5 Å². The van der Waals surface area contributed by atoms with Crippen LogP contribution in [0.1, 0.15) is 18.5 Å². The van der Waals surface area contributed by atoms with Gasteiger partial charge >= 0.3 is 0 Å². The van der Waals surface area contributed by atoms with E-state index >= 15 is 0 Å². The van der Waals surface area contributed by atoms with Gasteiger partial charge in [0.2, 0.25) is 0 Å². The van der Waals surface area contributed by atoms with Crippen LogP contribution in [0.25, 0.3) is 0 Å². The van der Waals surface area contributed by atoms with Crippen LogP contribution in [0.2, 0.25) is 0 Å². The summed E-state index contributed by atoms with van der Waals surface area (Å²) in [6.07, 6.45) is 6.09. The molecule has 1 aromatic heterocycles. The van der Waals surface area contributed by atoms with Crippen LogP contribution in [0.3, 0.4) is 0 Å². The Morgan fingerprint density at radius 3 is 3.00 bits per heavy atom. The number of nitrogens with zero attached hydrogens (tertiary/aromatic N) is 3. The number of anilines is 1. The minimum atomic E-state index is 0.309. The van der Waals surface area contributed by atoms with Gasteiger partial charge in [0.25, 0.3) is 0 Å². The molecule has 0 radical (unpaired) electrons. The maximum Gasteiger partial charge on any atom is 0.147 e. The molecule has 16 heavy (non-hydrogen) atoms. The highest BCUT2D eigenvalue weighted by Crippen LogP contribution is 2.18. The Hall–Kier alpha value is -0.870. The molecule has 1 saturated heterocycles. The van der Waals surface area contributed by atoms with Crippen LogP contribution in [0, 0.1) is 0 Å². The van der Waals surface area contributed by atoms with Crippen LogP contribution in [-0.4, -0.2) is 36.3 Å². The van der Waals surface area contributed by atoms with Crippen molar-refractivity contribution in [2.24, 2.45) is 0 Å². The summed E-state index contributed by atoms with van der Waals surface area (Å²) >= 11 is 5.67. The molecule has 1 aliphatic heterocycles. The summed E-state index contributed by atoms with van der Waals surface area (Å²) in [7, 11) is 1.76. The van der Waals surface area contributed by atoms with E-state index in [1.807, 2.05) is 0 Å².